The van der Waals surface area contributed by atoms with E-state index in [0.29, 0.717) is 5.56 Å². The lowest BCUT2D eigenvalue weighted by molar-refractivity contribution is -0.136. The molecular weight excluding hydrogens is 264 g/mol. The average Bonchev–Trinajstić information content (AvgIpc) is 2.49. The fourth-order valence-electron chi connectivity index (χ4n) is 2.33. The molecule has 0 unspecified atom stereocenters. The lowest BCUT2D eigenvalue weighted by atomic mass is 10.0. The Hall–Kier alpha value is -1.64. The molecule has 0 aromatic heterocycles. The number of aliphatic carboxylic acids is 1. The Morgan fingerprint density at radius 1 is 0.905 bits per heavy atom. The summed E-state index contributed by atoms with van der Waals surface area (Å²) in [6, 6.07) is 7.60. The van der Waals surface area contributed by atoms with Gasteiger partial charge in [-0.3, -0.25) is 9.59 Å². The highest BCUT2D eigenvalue weighted by Gasteiger charge is 2.08. The molecule has 0 radical (unpaired) electrons. The Bertz CT molecular complexity index is 434. The van der Waals surface area contributed by atoms with Gasteiger partial charge < -0.3 is 5.11 Å². The highest BCUT2D eigenvalue weighted by atomic mass is 16.4. The van der Waals surface area contributed by atoms with Crippen molar-refractivity contribution in [3.63, 3.8) is 0 Å². The van der Waals surface area contributed by atoms with Crippen molar-refractivity contribution >= 4 is 11.8 Å². The predicted octanol–water partition coefficient (Wildman–Crippen LogP) is 4.64. The van der Waals surface area contributed by atoms with Crippen LogP contribution in [0.4, 0.5) is 0 Å². The second-order valence-corrected chi connectivity index (χ2v) is 5.53. The first-order valence-corrected chi connectivity index (χ1v) is 7.97. The smallest absolute Gasteiger partial charge is 0.303 e. The summed E-state index contributed by atoms with van der Waals surface area (Å²) in [5.41, 5.74) is 1.86. The van der Waals surface area contributed by atoms with Crippen molar-refractivity contribution in [3.8, 4) is 0 Å². The van der Waals surface area contributed by atoms with Crippen LogP contribution in [0.2, 0.25) is 0 Å². The summed E-state index contributed by atoms with van der Waals surface area (Å²) in [5, 5.41) is 8.58. The van der Waals surface area contributed by atoms with Crippen LogP contribution in [0.15, 0.2) is 24.3 Å². The third-order valence-corrected chi connectivity index (χ3v) is 3.66. The van der Waals surface area contributed by atoms with Crippen molar-refractivity contribution < 1.29 is 14.7 Å². The minimum absolute atomic E-state index is 0.0755. The number of Topliss-reactive ketones (excluding diaryl/α,β-unsaturated/α-hetero) is 1. The number of ketones is 1. The molecule has 1 N–H and O–H groups in total. The van der Waals surface area contributed by atoms with Gasteiger partial charge in [-0.2, -0.15) is 0 Å². The zero-order valence-electron chi connectivity index (χ0n) is 12.9. The van der Waals surface area contributed by atoms with Gasteiger partial charge in [-0.25, -0.2) is 0 Å². The fraction of sp³-hybridized carbons (Fsp3) is 0.556. The minimum Gasteiger partial charge on any atom is -0.481 e. The Labute approximate surface area is 127 Å². The van der Waals surface area contributed by atoms with Gasteiger partial charge in [0.05, 0.1) is 6.42 Å². The minimum atomic E-state index is -0.928. The van der Waals surface area contributed by atoms with Gasteiger partial charge >= 0.3 is 5.97 Å². The molecule has 21 heavy (non-hydrogen) atoms. The van der Waals surface area contributed by atoms with Crippen LogP contribution in [0.1, 0.15) is 74.2 Å². The lowest BCUT2D eigenvalue weighted by Gasteiger charge is -2.04. The van der Waals surface area contributed by atoms with E-state index in [0.717, 1.165) is 6.42 Å². The number of carbonyl (C=O) groups excluding carboxylic acids is 1. The zero-order chi connectivity index (χ0) is 15.5. The van der Waals surface area contributed by atoms with Crippen molar-refractivity contribution in [2.45, 2.75) is 64.7 Å². The maximum atomic E-state index is 11.8. The molecule has 0 aliphatic heterocycles. The first-order chi connectivity index (χ1) is 10.1. The van der Waals surface area contributed by atoms with Gasteiger partial charge in [0.25, 0.3) is 0 Å². The normalized spacial score (nSPS) is 10.5. The molecule has 0 spiro atoms. The quantitative estimate of drug-likeness (QED) is 0.477. The summed E-state index contributed by atoms with van der Waals surface area (Å²) in [5.74, 6) is -1.02. The Balaban J connectivity index is 2.29. The van der Waals surface area contributed by atoms with E-state index >= 15 is 0 Å². The fourth-order valence-corrected chi connectivity index (χ4v) is 2.33. The van der Waals surface area contributed by atoms with E-state index in [1.807, 2.05) is 24.3 Å². The van der Waals surface area contributed by atoms with Crippen LogP contribution in [-0.4, -0.2) is 16.9 Å². The number of carbonyl (C=O) groups is 2. The Morgan fingerprint density at radius 3 is 2.14 bits per heavy atom. The summed E-state index contributed by atoms with van der Waals surface area (Å²) >= 11 is 0. The van der Waals surface area contributed by atoms with Crippen molar-refractivity contribution in [3.05, 3.63) is 35.4 Å². The largest absolute Gasteiger partial charge is 0.481 e. The number of benzene rings is 1. The van der Waals surface area contributed by atoms with E-state index in [4.69, 9.17) is 5.11 Å². The van der Waals surface area contributed by atoms with Crippen molar-refractivity contribution in [2.75, 3.05) is 0 Å². The van der Waals surface area contributed by atoms with Crippen molar-refractivity contribution in [1.82, 2.24) is 0 Å². The molecule has 0 aliphatic carbocycles. The third kappa shape index (κ3) is 7.64. The maximum Gasteiger partial charge on any atom is 0.303 e. The summed E-state index contributed by atoms with van der Waals surface area (Å²) in [7, 11) is 0. The van der Waals surface area contributed by atoms with Gasteiger partial charge in [0.2, 0.25) is 0 Å². The SMILES string of the molecule is CCCCCCCCc1ccc(C(=O)CCC(=O)O)cc1. The molecule has 0 fully saturated rings. The molecule has 1 aromatic rings. The highest BCUT2D eigenvalue weighted by Crippen LogP contribution is 2.12. The highest BCUT2D eigenvalue weighted by molar-refractivity contribution is 5.97. The van der Waals surface area contributed by atoms with E-state index in [1.54, 1.807) is 0 Å². The molecule has 0 heterocycles. The van der Waals surface area contributed by atoms with Crippen LogP contribution in [0.5, 0.6) is 0 Å². The van der Waals surface area contributed by atoms with Gasteiger partial charge in [0.1, 0.15) is 0 Å². The molecule has 1 aromatic carbocycles. The van der Waals surface area contributed by atoms with Gasteiger partial charge in [-0.05, 0) is 18.4 Å². The molecule has 3 heteroatoms. The van der Waals surface area contributed by atoms with E-state index < -0.39 is 5.97 Å². The van der Waals surface area contributed by atoms with Crippen molar-refractivity contribution in [1.29, 1.82) is 0 Å². The number of hydrogen-bond donors (Lipinski definition) is 1. The van der Waals surface area contributed by atoms with E-state index in [1.165, 1.54) is 44.1 Å². The van der Waals surface area contributed by atoms with Crippen LogP contribution in [0.25, 0.3) is 0 Å². The molecule has 0 aliphatic rings. The van der Waals surface area contributed by atoms with Crippen LogP contribution < -0.4 is 0 Å². The van der Waals surface area contributed by atoms with E-state index in [2.05, 4.69) is 6.92 Å². The maximum absolute atomic E-state index is 11.8. The van der Waals surface area contributed by atoms with E-state index in [9.17, 15) is 9.59 Å². The molecule has 0 saturated carbocycles. The number of carboxylic acid groups (broad SMARTS) is 1. The predicted molar refractivity (Wildman–Crippen MR) is 84.7 cm³/mol. The van der Waals surface area contributed by atoms with Gasteiger partial charge in [-0.15, -0.1) is 0 Å². The Morgan fingerprint density at radius 2 is 1.52 bits per heavy atom. The zero-order valence-corrected chi connectivity index (χ0v) is 12.9. The van der Waals surface area contributed by atoms with Gasteiger partial charge in [0, 0.05) is 12.0 Å². The molecule has 0 amide bonds. The third-order valence-electron chi connectivity index (χ3n) is 3.66. The second kappa shape index (κ2) is 10.1. The molecule has 0 bridgehead atoms. The van der Waals surface area contributed by atoms with Crippen molar-refractivity contribution in [2.24, 2.45) is 0 Å². The van der Waals surface area contributed by atoms with Crippen LogP contribution >= 0.6 is 0 Å². The number of rotatable bonds is 11. The monoisotopic (exact) mass is 290 g/mol. The number of unbranched alkanes of at least 4 members (excludes halogenated alkanes) is 5. The number of carboxylic acids is 1. The summed E-state index contributed by atoms with van der Waals surface area (Å²) in [6.07, 6.45) is 8.72. The average molecular weight is 290 g/mol. The molecule has 116 valence electrons. The van der Waals surface area contributed by atoms with E-state index in [-0.39, 0.29) is 18.6 Å². The molecule has 0 atom stereocenters. The molecule has 0 saturated heterocycles. The van der Waals surface area contributed by atoms with Crippen LogP contribution in [0.3, 0.4) is 0 Å². The standard InChI is InChI=1S/C18H26O3/c1-2-3-4-5-6-7-8-15-9-11-16(12-10-15)17(19)13-14-18(20)21/h9-12H,2-8,13-14H2,1H3,(H,20,21). The van der Waals surface area contributed by atoms with Crippen LogP contribution in [0, 0.1) is 0 Å². The van der Waals surface area contributed by atoms with Crippen LogP contribution in [-0.2, 0) is 11.2 Å². The summed E-state index contributed by atoms with van der Waals surface area (Å²) < 4.78 is 0. The first-order valence-electron chi connectivity index (χ1n) is 7.97. The lowest BCUT2D eigenvalue weighted by Crippen LogP contribution is -2.03. The van der Waals surface area contributed by atoms with Gasteiger partial charge in [-0.1, -0.05) is 63.3 Å². The first kappa shape index (κ1) is 17.4. The molecular formula is C18H26O3. The number of aryl methyl sites for hydroxylation is 1. The summed E-state index contributed by atoms with van der Waals surface area (Å²) in [6.45, 7) is 2.22. The topological polar surface area (TPSA) is 54.4 Å². The van der Waals surface area contributed by atoms with Gasteiger partial charge in [0.15, 0.2) is 5.78 Å². The molecule has 1 rings (SSSR count). The summed E-state index contributed by atoms with van der Waals surface area (Å²) in [4.78, 5) is 22.2. The second-order valence-electron chi connectivity index (χ2n) is 5.53. The Kier molecular flexibility index (Phi) is 8.41. The molecule has 3 nitrogen and oxygen atoms in total. The number of hydrogen-bond acceptors (Lipinski definition) is 2.